The van der Waals surface area contributed by atoms with Crippen molar-refractivity contribution in [3.05, 3.63) is 29.8 Å². The lowest BCUT2D eigenvalue weighted by Crippen LogP contribution is -3.15. The van der Waals surface area contributed by atoms with E-state index in [-0.39, 0.29) is 6.04 Å². The average molecular weight is 335 g/mol. The third-order valence-electron chi connectivity index (χ3n) is 4.34. The van der Waals surface area contributed by atoms with Crippen molar-refractivity contribution < 1.29 is 19.2 Å². The van der Waals surface area contributed by atoms with Crippen LogP contribution in [0.2, 0.25) is 0 Å². The second-order valence-electron chi connectivity index (χ2n) is 6.10. The van der Waals surface area contributed by atoms with Gasteiger partial charge in [0.2, 0.25) is 0 Å². The summed E-state index contributed by atoms with van der Waals surface area (Å²) < 4.78 is 5.44. The molecule has 2 rings (SSSR count). The summed E-state index contributed by atoms with van der Waals surface area (Å²) >= 11 is 0. The molecule has 0 aromatic heterocycles. The minimum absolute atomic E-state index is 0.0960. The number of carbonyl (C=O) groups is 2. The third-order valence-corrected chi connectivity index (χ3v) is 4.34. The lowest BCUT2D eigenvalue weighted by molar-refractivity contribution is -0.937. The highest BCUT2D eigenvalue weighted by atomic mass is 16.5. The van der Waals surface area contributed by atoms with Crippen molar-refractivity contribution in [1.29, 1.82) is 0 Å². The van der Waals surface area contributed by atoms with Crippen LogP contribution in [0.15, 0.2) is 24.3 Å². The molecule has 1 aromatic rings. The molecule has 0 unspecified atom stereocenters. The fourth-order valence-electron chi connectivity index (χ4n) is 2.87. The van der Waals surface area contributed by atoms with E-state index in [9.17, 15) is 9.59 Å². The highest BCUT2D eigenvalue weighted by Gasteiger charge is 2.27. The second-order valence-corrected chi connectivity index (χ2v) is 6.10. The maximum atomic E-state index is 11.8. The van der Waals surface area contributed by atoms with E-state index in [0.717, 1.165) is 24.3 Å². The van der Waals surface area contributed by atoms with Crippen molar-refractivity contribution in [2.45, 2.75) is 6.04 Å². The zero-order chi connectivity index (χ0) is 17.5. The zero-order valence-electron chi connectivity index (χ0n) is 14.6. The highest BCUT2D eigenvalue weighted by Crippen LogP contribution is 2.16. The molecule has 2 amide bonds. The smallest absolute Gasteiger partial charge is 0.309 e. The van der Waals surface area contributed by atoms with Crippen LogP contribution in [0.4, 0.5) is 5.69 Å². The number of morpholine rings is 1. The van der Waals surface area contributed by atoms with E-state index >= 15 is 0 Å². The van der Waals surface area contributed by atoms with Gasteiger partial charge in [0.1, 0.15) is 19.1 Å². The Balaban J connectivity index is 2.12. The predicted octanol–water partition coefficient (Wildman–Crippen LogP) is -1.43. The number of rotatable bonds is 5. The van der Waals surface area contributed by atoms with Crippen LogP contribution in [0.1, 0.15) is 11.6 Å². The quantitative estimate of drug-likeness (QED) is 0.577. The lowest BCUT2D eigenvalue weighted by atomic mass is 10.0. The number of amides is 2. The van der Waals surface area contributed by atoms with Gasteiger partial charge in [0.15, 0.2) is 0 Å². The van der Waals surface area contributed by atoms with Crippen LogP contribution in [0.3, 0.4) is 0 Å². The molecule has 3 N–H and O–H groups in total. The minimum atomic E-state index is -0.617. The lowest BCUT2D eigenvalue weighted by Gasteiger charge is -2.32. The van der Waals surface area contributed by atoms with Crippen LogP contribution in [0, 0.1) is 0 Å². The molecule has 132 valence electrons. The Kier molecular flexibility index (Phi) is 6.57. The fraction of sp³-hybridized carbons (Fsp3) is 0.529. The summed E-state index contributed by atoms with van der Waals surface area (Å²) in [7, 11) is 5.46. The Bertz CT molecular complexity index is 553. The molecule has 1 atom stereocenters. The molecule has 0 spiro atoms. The number of hydrogen-bond acceptors (Lipinski definition) is 4. The van der Waals surface area contributed by atoms with Crippen molar-refractivity contribution in [2.75, 3.05) is 58.9 Å². The van der Waals surface area contributed by atoms with Crippen LogP contribution in [-0.4, -0.2) is 65.8 Å². The van der Waals surface area contributed by atoms with Crippen molar-refractivity contribution in [2.24, 2.45) is 0 Å². The van der Waals surface area contributed by atoms with E-state index in [2.05, 4.69) is 34.9 Å². The van der Waals surface area contributed by atoms with Gasteiger partial charge in [0.05, 0.1) is 19.8 Å². The number of carbonyl (C=O) groups excluding carboxylic acids is 2. The van der Waals surface area contributed by atoms with E-state index in [1.165, 1.54) is 11.9 Å². The topological polar surface area (TPSA) is 75.1 Å². The molecule has 0 radical (unpaired) electrons. The van der Waals surface area contributed by atoms with E-state index in [4.69, 9.17) is 4.74 Å². The Hall–Kier alpha value is -2.12. The number of hydrogen-bond donors (Lipinski definition) is 3. The molecule has 7 heteroatoms. The first kappa shape index (κ1) is 18.2. The summed E-state index contributed by atoms with van der Waals surface area (Å²) in [4.78, 5) is 26.6. The number of anilines is 1. The van der Waals surface area contributed by atoms with Gasteiger partial charge >= 0.3 is 11.8 Å². The van der Waals surface area contributed by atoms with Gasteiger partial charge in [-0.15, -0.1) is 0 Å². The molecule has 1 aliphatic rings. The molecule has 0 saturated carbocycles. The summed E-state index contributed by atoms with van der Waals surface area (Å²) in [5, 5.41) is 5.09. The Morgan fingerprint density at radius 2 is 1.79 bits per heavy atom. The monoisotopic (exact) mass is 335 g/mol. The number of nitrogens with one attached hydrogen (secondary N) is 3. The SMILES string of the molecule is CNC(=O)C(=O)NC[C@@H](c1ccc(N(C)C)cc1)[NH+]1CCOCC1. The van der Waals surface area contributed by atoms with Crippen molar-refractivity contribution in [1.82, 2.24) is 10.6 Å². The number of benzene rings is 1. The molecule has 1 aliphatic heterocycles. The molecule has 1 heterocycles. The standard InChI is InChI=1S/C17H26N4O3/c1-18-16(22)17(23)19-12-15(21-8-10-24-11-9-21)13-4-6-14(7-5-13)20(2)3/h4-7,15H,8-12H2,1-3H3,(H,18,22)(H,19,23)/p+1/t15-/m0/s1. The van der Waals surface area contributed by atoms with Gasteiger partial charge in [-0.3, -0.25) is 9.59 Å². The first-order valence-electron chi connectivity index (χ1n) is 8.22. The van der Waals surface area contributed by atoms with E-state index in [1.54, 1.807) is 0 Å². The molecular weight excluding hydrogens is 308 g/mol. The van der Waals surface area contributed by atoms with Crippen LogP contribution in [0.5, 0.6) is 0 Å². The molecule has 1 saturated heterocycles. The number of likely N-dealkylation sites (N-methyl/N-ethyl adjacent to an activating group) is 1. The average Bonchev–Trinajstić information content (AvgIpc) is 2.62. The maximum absolute atomic E-state index is 11.8. The van der Waals surface area contributed by atoms with Crippen LogP contribution < -0.4 is 20.4 Å². The Morgan fingerprint density at radius 3 is 2.33 bits per heavy atom. The number of ether oxygens (including phenoxy) is 1. The largest absolute Gasteiger partial charge is 0.378 e. The third kappa shape index (κ3) is 4.69. The second kappa shape index (κ2) is 8.65. The highest BCUT2D eigenvalue weighted by molar-refractivity contribution is 6.35. The van der Waals surface area contributed by atoms with E-state index < -0.39 is 11.8 Å². The summed E-state index contributed by atoms with van der Waals surface area (Å²) in [6.07, 6.45) is 0. The minimum Gasteiger partial charge on any atom is -0.378 e. The molecular formula is C17H27N4O3+. The number of quaternary nitrogens is 1. The molecule has 0 aliphatic carbocycles. The van der Waals surface area contributed by atoms with Gasteiger partial charge < -0.3 is 25.2 Å². The van der Waals surface area contributed by atoms with Crippen LogP contribution in [0.25, 0.3) is 0 Å². The van der Waals surface area contributed by atoms with Gasteiger partial charge in [-0.1, -0.05) is 12.1 Å². The summed E-state index contributed by atoms with van der Waals surface area (Å²) in [6.45, 7) is 3.62. The normalized spacial score (nSPS) is 16.3. The first-order valence-corrected chi connectivity index (χ1v) is 8.22. The van der Waals surface area contributed by atoms with Crippen molar-refractivity contribution in [3.8, 4) is 0 Å². The predicted molar refractivity (Wildman–Crippen MR) is 92.1 cm³/mol. The molecule has 1 fully saturated rings. The Labute approximate surface area is 142 Å². The summed E-state index contributed by atoms with van der Waals surface area (Å²) in [6, 6.07) is 8.42. The van der Waals surface area contributed by atoms with Gasteiger partial charge in [-0.05, 0) is 12.1 Å². The van der Waals surface area contributed by atoms with E-state index in [1.807, 2.05) is 19.0 Å². The van der Waals surface area contributed by atoms with Gasteiger partial charge in [0.25, 0.3) is 0 Å². The summed E-state index contributed by atoms with van der Waals surface area (Å²) in [5.74, 6) is -1.21. The molecule has 0 bridgehead atoms. The van der Waals surface area contributed by atoms with Gasteiger partial charge in [-0.25, -0.2) is 0 Å². The van der Waals surface area contributed by atoms with Gasteiger partial charge in [-0.2, -0.15) is 0 Å². The zero-order valence-corrected chi connectivity index (χ0v) is 14.6. The van der Waals surface area contributed by atoms with Crippen molar-refractivity contribution >= 4 is 17.5 Å². The van der Waals surface area contributed by atoms with E-state index in [0.29, 0.717) is 19.8 Å². The molecule has 1 aromatic carbocycles. The number of nitrogens with zero attached hydrogens (tertiary/aromatic N) is 1. The molecule has 7 nitrogen and oxygen atoms in total. The first-order chi connectivity index (χ1) is 11.5. The van der Waals surface area contributed by atoms with Crippen LogP contribution >= 0.6 is 0 Å². The fourth-order valence-corrected chi connectivity index (χ4v) is 2.87. The summed E-state index contributed by atoms with van der Waals surface area (Å²) in [5.41, 5.74) is 2.28. The molecule has 24 heavy (non-hydrogen) atoms. The van der Waals surface area contributed by atoms with Gasteiger partial charge in [0, 0.05) is 32.4 Å². The Morgan fingerprint density at radius 1 is 1.17 bits per heavy atom. The van der Waals surface area contributed by atoms with Crippen molar-refractivity contribution in [3.63, 3.8) is 0 Å². The maximum Gasteiger partial charge on any atom is 0.309 e. The van der Waals surface area contributed by atoms with Crippen LogP contribution in [-0.2, 0) is 14.3 Å².